The molecule has 0 radical (unpaired) electrons. The van der Waals surface area contributed by atoms with E-state index in [4.69, 9.17) is 0 Å². The average Bonchev–Trinajstić information content (AvgIpc) is 3.78. The van der Waals surface area contributed by atoms with Crippen molar-refractivity contribution < 1.29 is 0 Å². The molecular weight excluding hydrogens is 835 g/mol. The fraction of sp³-hybridized carbons (Fsp3) is 0. The molecule has 12 aromatic rings. The number of hydrogen-bond acceptors (Lipinski definition) is 2. The van der Waals surface area contributed by atoms with Crippen LogP contribution in [0.2, 0.25) is 0 Å². The summed E-state index contributed by atoms with van der Waals surface area (Å²) in [6.45, 7) is 0. The molecule has 1 heterocycles. The van der Waals surface area contributed by atoms with Crippen molar-refractivity contribution >= 4 is 55.9 Å². The summed E-state index contributed by atoms with van der Waals surface area (Å²) in [4.78, 5) is 4.72. The third-order valence-corrected chi connectivity index (χ3v) is 13.1. The average molecular weight is 882 g/mol. The Morgan fingerprint density at radius 3 is 1.09 bits per heavy atom. The zero-order valence-corrected chi connectivity index (χ0v) is 38.0. The van der Waals surface area contributed by atoms with E-state index in [1.807, 2.05) is 0 Å². The van der Waals surface area contributed by atoms with Crippen LogP contribution in [-0.4, -0.2) is 4.57 Å². The first-order valence-electron chi connectivity index (χ1n) is 23.6. The molecule has 11 aromatic carbocycles. The lowest BCUT2D eigenvalue weighted by atomic mass is 9.93. The molecular formula is C66H47N3. The highest BCUT2D eigenvalue weighted by atomic mass is 15.2. The Labute approximate surface area is 403 Å². The van der Waals surface area contributed by atoms with Gasteiger partial charge in [-0.05, 0) is 148 Å². The standard InChI is InChI=1S/C66H47N3/c1-6-19-48(20-7-1)50-33-39-59(40-34-50)67(56-23-10-3-11-24-56)60-41-35-51(36-42-60)54-45-53(49-21-8-2-9-22-49)46-55(47-54)52-37-43-61(44-38-52)68(57-25-12-4-13-26-57)65-32-18-30-63-62-29-16-17-31-64(62)69(66(63)65)58-27-14-5-15-28-58/h1-47H. The highest BCUT2D eigenvalue weighted by Gasteiger charge is 2.22. The molecule has 0 amide bonds. The lowest BCUT2D eigenvalue weighted by molar-refractivity contribution is 1.17. The predicted octanol–water partition coefficient (Wildman–Crippen LogP) is 18.4. The van der Waals surface area contributed by atoms with Crippen LogP contribution in [0.1, 0.15) is 0 Å². The summed E-state index contributed by atoms with van der Waals surface area (Å²) in [7, 11) is 0. The Kier molecular flexibility index (Phi) is 10.9. The van der Waals surface area contributed by atoms with E-state index in [1.165, 1.54) is 38.5 Å². The Hall–Kier alpha value is -9.18. The number of rotatable bonds is 11. The molecule has 0 aliphatic heterocycles. The molecule has 0 atom stereocenters. The molecule has 3 heteroatoms. The molecule has 0 spiro atoms. The van der Waals surface area contributed by atoms with Gasteiger partial charge in [0.15, 0.2) is 0 Å². The molecule has 0 saturated heterocycles. The number of nitrogens with zero attached hydrogens (tertiary/aromatic N) is 3. The first-order valence-corrected chi connectivity index (χ1v) is 23.6. The third-order valence-electron chi connectivity index (χ3n) is 13.1. The fourth-order valence-corrected chi connectivity index (χ4v) is 9.85. The van der Waals surface area contributed by atoms with Crippen molar-refractivity contribution in [2.45, 2.75) is 0 Å². The molecule has 0 N–H and O–H groups in total. The van der Waals surface area contributed by atoms with Gasteiger partial charge in [0.2, 0.25) is 0 Å². The zero-order chi connectivity index (χ0) is 45.9. The topological polar surface area (TPSA) is 11.4 Å². The van der Waals surface area contributed by atoms with E-state index in [2.05, 4.69) is 299 Å². The molecule has 12 rings (SSSR count). The molecule has 3 nitrogen and oxygen atoms in total. The van der Waals surface area contributed by atoms with Gasteiger partial charge in [-0.1, -0.05) is 182 Å². The minimum atomic E-state index is 1.08. The zero-order valence-electron chi connectivity index (χ0n) is 38.0. The van der Waals surface area contributed by atoms with Crippen LogP contribution in [0.15, 0.2) is 285 Å². The molecule has 0 bridgehead atoms. The van der Waals surface area contributed by atoms with Gasteiger partial charge in [0, 0.05) is 44.9 Å². The van der Waals surface area contributed by atoms with Crippen molar-refractivity contribution in [2.24, 2.45) is 0 Å². The largest absolute Gasteiger partial charge is 0.311 e. The van der Waals surface area contributed by atoms with Crippen LogP contribution >= 0.6 is 0 Å². The Morgan fingerprint density at radius 2 is 0.580 bits per heavy atom. The summed E-state index contributed by atoms with van der Waals surface area (Å²) < 4.78 is 2.41. The SMILES string of the molecule is c1ccc(-c2ccc(N(c3ccccc3)c3ccc(-c4cc(-c5ccccc5)cc(-c5ccc(N(c6ccccc6)c6cccc7c8ccccc8n(-c8ccccc8)c67)cc5)c4)cc3)cc2)cc1. The Bertz CT molecular complexity index is 3660. The van der Waals surface area contributed by atoms with Crippen LogP contribution in [-0.2, 0) is 0 Å². The summed E-state index contributed by atoms with van der Waals surface area (Å²) in [6.07, 6.45) is 0. The van der Waals surface area contributed by atoms with Gasteiger partial charge in [0.05, 0.1) is 16.7 Å². The molecule has 0 saturated carbocycles. The summed E-state index contributed by atoms with van der Waals surface area (Å²) in [6, 6.07) is 103. The fourth-order valence-electron chi connectivity index (χ4n) is 9.85. The van der Waals surface area contributed by atoms with Crippen molar-refractivity contribution in [1.82, 2.24) is 4.57 Å². The van der Waals surface area contributed by atoms with Crippen LogP contribution in [0.5, 0.6) is 0 Å². The smallest absolute Gasteiger partial charge is 0.0782 e. The minimum absolute atomic E-state index is 1.08. The summed E-state index contributed by atoms with van der Waals surface area (Å²) in [5, 5.41) is 2.45. The van der Waals surface area contributed by atoms with Gasteiger partial charge in [-0.15, -0.1) is 0 Å². The van der Waals surface area contributed by atoms with E-state index in [1.54, 1.807) is 0 Å². The Morgan fingerprint density at radius 1 is 0.232 bits per heavy atom. The maximum absolute atomic E-state index is 2.41. The number of benzene rings is 11. The highest BCUT2D eigenvalue weighted by Crippen LogP contribution is 2.44. The number of hydrogen-bond donors (Lipinski definition) is 0. The molecule has 0 aliphatic carbocycles. The first-order chi connectivity index (χ1) is 34.2. The quantitative estimate of drug-likeness (QED) is 0.128. The molecule has 0 fully saturated rings. The van der Waals surface area contributed by atoms with Crippen molar-refractivity contribution in [2.75, 3.05) is 9.80 Å². The van der Waals surface area contributed by atoms with Crippen molar-refractivity contribution in [3.8, 4) is 50.2 Å². The maximum Gasteiger partial charge on any atom is 0.0782 e. The lowest BCUT2D eigenvalue weighted by Gasteiger charge is -2.27. The number of aromatic nitrogens is 1. The Balaban J connectivity index is 0.935. The van der Waals surface area contributed by atoms with Crippen LogP contribution in [0, 0.1) is 0 Å². The first kappa shape index (κ1) is 41.3. The second-order valence-corrected chi connectivity index (χ2v) is 17.4. The molecule has 0 aliphatic rings. The normalized spacial score (nSPS) is 11.2. The van der Waals surface area contributed by atoms with E-state index in [0.717, 1.165) is 67.6 Å². The van der Waals surface area contributed by atoms with Crippen molar-refractivity contribution in [3.63, 3.8) is 0 Å². The maximum atomic E-state index is 2.41. The molecule has 69 heavy (non-hydrogen) atoms. The van der Waals surface area contributed by atoms with Crippen LogP contribution in [0.25, 0.3) is 72.0 Å². The van der Waals surface area contributed by atoms with Crippen LogP contribution in [0.4, 0.5) is 34.1 Å². The molecule has 0 unspecified atom stereocenters. The lowest BCUT2D eigenvalue weighted by Crippen LogP contribution is -2.11. The van der Waals surface area contributed by atoms with Gasteiger partial charge < -0.3 is 14.4 Å². The number of para-hydroxylation sites is 5. The van der Waals surface area contributed by atoms with E-state index in [-0.39, 0.29) is 0 Å². The number of anilines is 6. The van der Waals surface area contributed by atoms with Gasteiger partial charge in [-0.3, -0.25) is 0 Å². The number of fused-ring (bicyclic) bond motifs is 3. The monoisotopic (exact) mass is 881 g/mol. The molecule has 1 aromatic heterocycles. The van der Waals surface area contributed by atoms with Gasteiger partial charge in [0.1, 0.15) is 0 Å². The van der Waals surface area contributed by atoms with Gasteiger partial charge >= 0.3 is 0 Å². The third kappa shape index (κ3) is 8.03. The highest BCUT2D eigenvalue weighted by molar-refractivity contribution is 6.14. The van der Waals surface area contributed by atoms with Gasteiger partial charge in [-0.25, -0.2) is 0 Å². The van der Waals surface area contributed by atoms with Crippen LogP contribution < -0.4 is 9.80 Å². The van der Waals surface area contributed by atoms with Crippen molar-refractivity contribution in [1.29, 1.82) is 0 Å². The van der Waals surface area contributed by atoms with E-state index < -0.39 is 0 Å². The summed E-state index contributed by atoms with van der Waals surface area (Å²) >= 11 is 0. The van der Waals surface area contributed by atoms with Crippen molar-refractivity contribution in [3.05, 3.63) is 285 Å². The van der Waals surface area contributed by atoms with Crippen LogP contribution in [0.3, 0.4) is 0 Å². The predicted molar refractivity (Wildman–Crippen MR) is 292 cm³/mol. The second-order valence-electron chi connectivity index (χ2n) is 17.4. The summed E-state index contributed by atoms with van der Waals surface area (Å²) in [5.74, 6) is 0. The molecule has 326 valence electrons. The minimum Gasteiger partial charge on any atom is -0.311 e. The summed E-state index contributed by atoms with van der Waals surface area (Å²) in [5.41, 5.74) is 19.4. The van der Waals surface area contributed by atoms with E-state index in [0.29, 0.717) is 0 Å². The van der Waals surface area contributed by atoms with Gasteiger partial charge in [0.25, 0.3) is 0 Å². The van der Waals surface area contributed by atoms with Gasteiger partial charge in [-0.2, -0.15) is 0 Å². The van der Waals surface area contributed by atoms with E-state index >= 15 is 0 Å². The van der Waals surface area contributed by atoms with E-state index in [9.17, 15) is 0 Å². The second kappa shape index (κ2) is 18.2.